The first-order valence-electron chi connectivity index (χ1n) is 7.42. The Labute approximate surface area is 132 Å². The maximum Gasteiger partial charge on any atom is 0.234 e. The van der Waals surface area contributed by atoms with Crippen LogP contribution in [0.4, 0.5) is 0 Å². The van der Waals surface area contributed by atoms with Gasteiger partial charge in [0.15, 0.2) is 0 Å². The van der Waals surface area contributed by atoms with Crippen LogP contribution in [0.25, 0.3) is 0 Å². The highest BCUT2D eigenvalue weighted by atomic mass is 16.1. The molecule has 1 amide bonds. The van der Waals surface area contributed by atoms with E-state index in [1.807, 2.05) is 62.6 Å². The summed E-state index contributed by atoms with van der Waals surface area (Å²) < 4.78 is 0. The normalized spacial score (nSPS) is 15.3. The van der Waals surface area contributed by atoms with Crippen LogP contribution < -0.4 is 5.73 Å². The predicted molar refractivity (Wildman–Crippen MR) is 88.4 cm³/mol. The first-order chi connectivity index (χ1) is 10.5. The van der Waals surface area contributed by atoms with Gasteiger partial charge in [0, 0.05) is 12.2 Å². The zero-order valence-electron chi connectivity index (χ0n) is 13.4. The number of carbonyl (C=O) groups is 1. The Balaban J connectivity index is 2.63. The standard InChI is InChI=1S/C18H23N3O/c1-14(21(2)3)13-18(17(19)22,15-9-5-4-6-10-15)16-11-7-8-12-20-16/h4-12,14H,13H2,1-3H3,(H2,19,22)/t14-,18?/m1/s1. The highest BCUT2D eigenvalue weighted by molar-refractivity contribution is 5.90. The monoisotopic (exact) mass is 297 g/mol. The minimum Gasteiger partial charge on any atom is -0.369 e. The Morgan fingerprint density at radius 3 is 2.32 bits per heavy atom. The second-order valence-corrected chi connectivity index (χ2v) is 5.87. The second-order valence-electron chi connectivity index (χ2n) is 5.87. The Kier molecular flexibility index (Phi) is 4.93. The first kappa shape index (κ1) is 16.2. The maximum atomic E-state index is 12.5. The molecule has 22 heavy (non-hydrogen) atoms. The summed E-state index contributed by atoms with van der Waals surface area (Å²) in [7, 11) is 4.00. The van der Waals surface area contributed by atoms with Crippen molar-refractivity contribution in [3.05, 3.63) is 66.0 Å². The number of aromatic nitrogens is 1. The van der Waals surface area contributed by atoms with Crippen LogP contribution >= 0.6 is 0 Å². The van der Waals surface area contributed by atoms with E-state index in [4.69, 9.17) is 5.73 Å². The lowest BCUT2D eigenvalue weighted by Gasteiger charge is -2.35. The van der Waals surface area contributed by atoms with Crippen LogP contribution in [0.15, 0.2) is 54.7 Å². The van der Waals surface area contributed by atoms with Gasteiger partial charge in [-0.25, -0.2) is 0 Å². The van der Waals surface area contributed by atoms with Crippen LogP contribution in [-0.4, -0.2) is 35.9 Å². The van der Waals surface area contributed by atoms with Gasteiger partial charge in [-0.1, -0.05) is 36.4 Å². The molecule has 1 aromatic carbocycles. The number of nitrogens with two attached hydrogens (primary N) is 1. The third kappa shape index (κ3) is 3.02. The average Bonchev–Trinajstić information content (AvgIpc) is 2.53. The molecule has 2 aromatic rings. The van der Waals surface area contributed by atoms with E-state index in [1.54, 1.807) is 6.20 Å². The lowest BCUT2D eigenvalue weighted by atomic mass is 9.72. The Morgan fingerprint density at radius 2 is 1.82 bits per heavy atom. The Bertz CT molecular complexity index is 571. The number of carbonyl (C=O) groups excluding carboxylic acids is 1. The lowest BCUT2D eigenvalue weighted by molar-refractivity contribution is -0.122. The van der Waals surface area contributed by atoms with Crippen molar-refractivity contribution >= 4 is 5.91 Å². The third-order valence-corrected chi connectivity index (χ3v) is 4.27. The lowest BCUT2D eigenvalue weighted by Crippen LogP contribution is -2.47. The van der Waals surface area contributed by atoms with E-state index in [2.05, 4.69) is 16.8 Å². The molecule has 0 bridgehead atoms. The quantitative estimate of drug-likeness (QED) is 0.889. The topological polar surface area (TPSA) is 59.2 Å². The van der Waals surface area contributed by atoms with Gasteiger partial charge in [-0.3, -0.25) is 9.78 Å². The molecule has 0 spiro atoms. The summed E-state index contributed by atoms with van der Waals surface area (Å²) in [5.41, 5.74) is 6.54. The number of pyridine rings is 1. The molecule has 0 aliphatic rings. The zero-order chi connectivity index (χ0) is 16.2. The summed E-state index contributed by atoms with van der Waals surface area (Å²) in [6.07, 6.45) is 2.28. The fourth-order valence-corrected chi connectivity index (χ4v) is 2.70. The smallest absolute Gasteiger partial charge is 0.234 e. The molecular weight excluding hydrogens is 274 g/mol. The molecule has 0 saturated heterocycles. The molecule has 4 nitrogen and oxygen atoms in total. The summed E-state index contributed by atoms with van der Waals surface area (Å²) in [6.45, 7) is 2.09. The number of hydrogen-bond donors (Lipinski definition) is 1. The molecule has 0 aliphatic heterocycles. The van der Waals surface area contributed by atoms with E-state index in [9.17, 15) is 4.79 Å². The van der Waals surface area contributed by atoms with Crippen LogP contribution in [0.3, 0.4) is 0 Å². The van der Waals surface area contributed by atoms with Gasteiger partial charge < -0.3 is 10.6 Å². The predicted octanol–water partition coefficient (Wildman–Crippen LogP) is 2.19. The van der Waals surface area contributed by atoms with Crippen LogP contribution in [0.5, 0.6) is 0 Å². The molecule has 1 unspecified atom stereocenters. The van der Waals surface area contributed by atoms with Crippen LogP contribution in [0, 0.1) is 0 Å². The van der Waals surface area contributed by atoms with Crippen molar-refractivity contribution in [3.63, 3.8) is 0 Å². The molecule has 116 valence electrons. The van der Waals surface area contributed by atoms with E-state index in [-0.39, 0.29) is 11.9 Å². The number of benzene rings is 1. The molecule has 2 N–H and O–H groups in total. The molecule has 1 heterocycles. The van der Waals surface area contributed by atoms with Gasteiger partial charge in [0.2, 0.25) is 5.91 Å². The summed E-state index contributed by atoms with van der Waals surface area (Å²) in [6, 6.07) is 15.5. The summed E-state index contributed by atoms with van der Waals surface area (Å²) in [4.78, 5) is 19.1. The summed E-state index contributed by atoms with van der Waals surface area (Å²) in [5.74, 6) is -0.369. The van der Waals surface area contributed by atoms with E-state index < -0.39 is 5.41 Å². The second kappa shape index (κ2) is 6.71. The minimum atomic E-state index is -0.924. The van der Waals surface area contributed by atoms with Crippen molar-refractivity contribution in [2.45, 2.75) is 24.8 Å². The highest BCUT2D eigenvalue weighted by Crippen LogP contribution is 2.36. The summed E-state index contributed by atoms with van der Waals surface area (Å²) in [5, 5.41) is 0. The summed E-state index contributed by atoms with van der Waals surface area (Å²) >= 11 is 0. The van der Waals surface area contributed by atoms with Crippen LogP contribution in [0.1, 0.15) is 24.6 Å². The largest absolute Gasteiger partial charge is 0.369 e. The highest BCUT2D eigenvalue weighted by Gasteiger charge is 2.43. The molecule has 0 fully saturated rings. The van der Waals surface area contributed by atoms with Gasteiger partial charge in [0.05, 0.1) is 5.69 Å². The van der Waals surface area contributed by atoms with Crippen molar-refractivity contribution in [2.24, 2.45) is 5.73 Å². The van der Waals surface area contributed by atoms with Crippen molar-refractivity contribution in [1.29, 1.82) is 0 Å². The number of amides is 1. The van der Waals surface area contributed by atoms with Crippen LogP contribution in [-0.2, 0) is 10.2 Å². The molecule has 2 atom stereocenters. The van der Waals surface area contributed by atoms with Gasteiger partial charge in [-0.2, -0.15) is 0 Å². The molecule has 1 aromatic heterocycles. The van der Waals surface area contributed by atoms with Gasteiger partial charge in [-0.05, 0) is 45.1 Å². The molecule has 4 heteroatoms. The molecule has 0 saturated carbocycles. The molecule has 0 radical (unpaired) electrons. The van der Waals surface area contributed by atoms with Crippen molar-refractivity contribution in [2.75, 3.05) is 14.1 Å². The maximum absolute atomic E-state index is 12.5. The van der Waals surface area contributed by atoms with Gasteiger partial charge in [0.25, 0.3) is 0 Å². The van der Waals surface area contributed by atoms with Gasteiger partial charge in [0.1, 0.15) is 5.41 Å². The zero-order valence-corrected chi connectivity index (χ0v) is 13.4. The van der Waals surface area contributed by atoms with E-state index in [0.717, 1.165) is 5.56 Å². The number of rotatable bonds is 6. The first-order valence-corrected chi connectivity index (χ1v) is 7.42. The van der Waals surface area contributed by atoms with Crippen molar-refractivity contribution in [1.82, 2.24) is 9.88 Å². The molecular formula is C18H23N3O. The average molecular weight is 297 g/mol. The van der Waals surface area contributed by atoms with E-state index in [1.165, 1.54) is 0 Å². The molecule has 0 aliphatic carbocycles. The number of primary amides is 1. The van der Waals surface area contributed by atoms with Gasteiger partial charge >= 0.3 is 0 Å². The fraction of sp³-hybridized carbons (Fsp3) is 0.333. The van der Waals surface area contributed by atoms with Gasteiger partial charge in [-0.15, -0.1) is 0 Å². The van der Waals surface area contributed by atoms with E-state index >= 15 is 0 Å². The number of hydrogen-bond acceptors (Lipinski definition) is 3. The Hall–Kier alpha value is -2.20. The Morgan fingerprint density at radius 1 is 1.18 bits per heavy atom. The number of nitrogens with zero attached hydrogens (tertiary/aromatic N) is 2. The van der Waals surface area contributed by atoms with Crippen molar-refractivity contribution in [3.8, 4) is 0 Å². The van der Waals surface area contributed by atoms with Crippen molar-refractivity contribution < 1.29 is 4.79 Å². The molecule has 2 rings (SSSR count). The SMILES string of the molecule is C[C@H](CC(C(N)=O)(c1ccccc1)c1ccccn1)N(C)C. The fourth-order valence-electron chi connectivity index (χ4n) is 2.70. The third-order valence-electron chi connectivity index (χ3n) is 4.27. The van der Waals surface area contributed by atoms with Crippen LogP contribution in [0.2, 0.25) is 0 Å². The van der Waals surface area contributed by atoms with E-state index in [0.29, 0.717) is 12.1 Å². The minimum absolute atomic E-state index is 0.176.